The molecule has 0 aromatic rings. The van der Waals surface area contributed by atoms with Gasteiger partial charge in [0, 0.05) is 5.41 Å². The molecular weight excluding hydrogens is 452 g/mol. The van der Waals surface area contributed by atoms with Crippen molar-refractivity contribution in [1.82, 2.24) is 0 Å². The number of esters is 2. The number of ether oxygens (including phenoxy) is 1. The van der Waals surface area contributed by atoms with E-state index < -0.39 is 51.4 Å². The summed E-state index contributed by atoms with van der Waals surface area (Å²) in [6.45, 7) is 11.4. The molecule has 1 heterocycles. The van der Waals surface area contributed by atoms with Gasteiger partial charge < -0.3 is 9.84 Å². The summed E-state index contributed by atoms with van der Waals surface area (Å²) < 4.78 is 4.93. The molecule has 0 spiro atoms. The van der Waals surface area contributed by atoms with Crippen molar-refractivity contribution in [1.29, 1.82) is 0 Å². The van der Waals surface area contributed by atoms with E-state index >= 15 is 0 Å². The molecule has 1 saturated heterocycles. The Morgan fingerprint density at radius 2 is 1.46 bits per heavy atom. The molecule has 196 valence electrons. The molecule has 0 aromatic heterocycles. The van der Waals surface area contributed by atoms with E-state index in [9.17, 15) is 33.9 Å². The van der Waals surface area contributed by atoms with Crippen LogP contribution < -0.4 is 0 Å². The molecule has 2 aliphatic rings. The highest BCUT2D eigenvalue weighted by molar-refractivity contribution is 6.06. The first-order chi connectivity index (χ1) is 16.0. The normalized spacial score (nSPS) is 30.3. The predicted octanol–water partition coefficient (Wildman–Crippen LogP) is 4.31. The van der Waals surface area contributed by atoms with Crippen LogP contribution in [0.15, 0.2) is 0 Å². The highest BCUT2D eigenvalue weighted by Gasteiger charge is 2.65. The third-order valence-electron chi connectivity index (χ3n) is 9.32. The maximum atomic E-state index is 13.2. The lowest BCUT2D eigenvalue weighted by Gasteiger charge is -2.42. The molecule has 1 N–H and O–H groups in total. The summed E-state index contributed by atoms with van der Waals surface area (Å²) in [7, 11) is 0. The second-order valence-corrected chi connectivity index (χ2v) is 11.7. The topological polar surface area (TPSA) is 132 Å². The van der Waals surface area contributed by atoms with E-state index in [4.69, 9.17) is 4.74 Å². The largest absolute Gasteiger partial charge is 0.481 e. The first-order valence-corrected chi connectivity index (χ1v) is 12.5. The van der Waals surface area contributed by atoms with E-state index in [0.717, 1.165) is 0 Å². The number of ketones is 3. The molecule has 1 saturated carbocycles. The standard InChI is InChI=1S/C27H40O8/c1-8-25(7)14-26(16(2)28,17(3)29)15-27(25,18(4)30)13-11-20-19(21(31)35-22(20)32)10-9-12-24(5,6)23(33)34/h19-20H,8-15H2,1-7H3,(H,33,34). The second-order valence-electron chi connectivity index (χ2n) is 11.7. The Balaban J connectivity index is 2.31. The monoisotopic (exact) mass is 492 g/mol. The number of carbonyl (C=O) groups is 6. The molecule has 1 aliphatic heterocycles. The molecule has 8 nitrogen and oxygen atoms in total. The number of cyclic esters (lactones) is 2. The van der Waals surface area contributed by atoms with Crippen LogP contribution in [0.5, 0.6) is 0 Å². The van der Waals surface area contributed by atoms with Gasteiger partial charge in [-0.25, -0.2) is 0 Å². The van der Waals surface area contributed by atoms with Gasteiger partial charge in [-0.05, 0) is 85.0 Å². The molecule has 8 heteroatoms. The Bertz CT molecular complexity index is 917. The Morgan fingerprint density at radius 1 is 0.943 bits per heavy atom. The average Bonchev–Trinajstić information content (AvgIpc) is 3.18. The fourth-order valence-electron chi connectivity index (χ4n) is 6.44. The summed E-state index contributed by atoms with van der Waals surface area (Å²) in [6.07, 6.45) is 2.55. The Labute approximate surface area is 207 Å². The van der Waals surface area contributed by atoms with Crippen LogP contribution in [0.2, 0.25) is 0 Å². The van der Waals surface area contributed by atoms with Gasteiger partial charge in [0.2, 0.25) is 0 Å². The molecular formula is C27H40O8. The van der Waals surface area contributed by atoms with Crippen LogP contribution in [-0.2, 0) is 33.5 Å². The van der Waals surface area contributed by atoms with Crippen molar-refractivity contribution in [3.05, 3.63) is 0 Å². The van der Waals surface area contributed by atoms with Crippen LogP contribution in [0.4, 0.5) is 0 Å². The third kappa shape index (κ3) is 4.98. The number of hydrogen-bond donors (Lipinski definition) is 1. The Kier molecular flexibility index (Phi) is 8.19. The molecule has 1 aliphatic carbocycles. The van der Waals surface area contributed by atoms with Gasteiger partial charge in [0.1, 0.15) is 17.3 Å². The summed E-state index contributed by atoms with van der Waals surface area (Å²) in [5, 5.41) is 9.33. The highest BCUT2D eigenvalue weighted by atomic mass is 16.6. The summed E-state index contributed by atoms with van der Waals surface area (Å²) >= 11 is 0. The van der Waals surface area contributed by atoms with E-state index in [1.165, 1.54) is 20.8 Å². The molecule has 2 fully saturated rings. The molecule has 0 amide bonds. The number of Topliss-reactive ketones (excluding diaryl/α,β-unsaturated/α-hetero) is 3. The minimum atomic E-state index is -1.23. The van der Waals surface area contributed by atoms with Crippen LogP contribution >= 0.6 is 0 Å². The zero-order valence-corrected chi connectivity index (χ0v) is 22.1. The quantitative estimate of drug-likeness (QED) is 0.315. The van der Waals surface area contributed by atoms with Gasteiger partial charge in [0.05, 0.1) is 22.7 Å². The molecule has 4 unspecified atom stereocenters. The molecule has 0 bridgehead atoms. The number of carboxylic acids is 1. The number of aliphatic carboxylic acids is 1. The van der Waals surface area contributed by atoms with Gasteiger partial charge in [-0.3, -0.25) is 28.8 Å². The van der Waals surface area contributed by atoms with E-state index in [0.29, 0.717) is 25.7 Å². The number of rotatable bonds is 12. The lowest BCUT2D eigenvalue weighted by Crippen LogP contribution is -2.42. The van der Waals surface area contributed by atoms with Gasteiger partial charge in [0.25, 0.3) is 0 Å². The fourth-order valence-corrected chi connectivity index (χ4v) is 6.44. The Hall–Kier alpha value is -2.38. The van der Waals surface area contributed by atoms with Crippen molar-refractivity contribution in [2.24, 2.45) is 33.5 Å². The van der Waals surface area contributed by atoms with E-state index in [-0.39, 0.29) is 43.0 Å². The number of carboxylic acid groups (broad SMARTS) is 1. The maximum Gasteiger partial charge on any atom is 0.317 e. The Morgan fingerprint density at radius 3 is 1.89 bits per heavy atom. The van der Waals surface area contributed by atoms with Crippen LogP contribution in [0.25, 0.3) is 0 Å². The van der Waals surface area contributed by atoms with E-state index in [1.54, 1.807) is 13.8 Å². The van der Waals surface area contributed by atoms with Crippen molar-refractivity contribution in [2.75, 3.05) is 0 Å². The molecule has 35 heavy (non-hydrogen) atoms. The van der Waals surface area contributed by atoms with Crippen LogP contribution in [0.1, 0.15) is 99.8 Å². The summed E-state index contributed by atoms with van der Waals surface area (Å²) in [5.41, 5.74) is -3.79. The van der Waals surface area contributed by atoms with Crippen molar-refractivity contribution >= 4 is 35.3 Å². The minimum Gasteiger partial charge on any atom is -0.481 e. The second kappa shape index (κ2) is 9.94. The predicted molar refractivity (Wildman–Crippen MR) is 127 cm³/mol. The SMILES string of the molecule is CCC1(C)CC(C(C)=O)(C(C)=O)CC1(CCC1C(=O)OC(=O)C1CCCC(C)(C)C(=O)O)C(C)=O. The van der Waals surface area contributed by atoms with Crippen molar-refractivity contribution in [3.8, 4) is 0 Å². The highest BCUT2D eigenvalue weighted by Crippen LogP contribution is 2.65. The average molecular weight is 493 g/mol. The van der Waals surface area contributed by atoms with Crippen LogP contribution in [0.3, 0.4) is 0 Å². The first-order valence-electron chi connectivity index (χ1n) is 12.5. The minimum absolute atomic E-state index is 0.109. The number of hydrogen-bond acceptors (Lipinski definition) is 7. The summed E-state index contributed by atoms with van der Waals surface area (Å²) in [4.78, 5) is 75.0. The summed E-state index contributed by atoms with van der Waals surface area (Å²) in [5.74, 6) is -4.23. The van der Waals surface area contributed by atoms with E-state index in [1.807, 2.05) is 13.8 Å². The fraction of sp³-hybridized carbons (Fsp3) is 0.778. The van der Waals surface area contributed by atoms with Crippen LogP contribution in [0, 0.1) is 33.5 Å². The van der Waals surface area contributed by atoms with Crippen molar-refractivity contribution in [3.63, 3.8) is 0 Å². The van der Waals surface area contributed by atoms with Gasteiger partial charge in [-0.1, -0.05) is 20.3 Å². The third-order valence-corrected chi connectivity index (χ3v) is 9.32. The van der Waals surface area contributed by atoms with Gasteiger partial charge in [-0.2, -0.15) is 0 Å². The van der Waals surface area contributed by atoms with Crippen molar-refractivity contribution < 1.29 is 38.6 Å². The van der Waals surface area contributed by atoms with Crippen LogP contribution in [-0.4, -0.2) is 40.4 Å². The zero-order chi connectivity index (χ0) is 27.0. The van der Waals surface area contributed by atoms with Gasteiger partial charge in [0.15, 0.2) is 0 Å². The maximum absolute atomic E-state index is 13.2. The molecule has 0 aromatic carbocycles. The molecule has 2 rings (SSSR count). The summed E-state index contributed by atoms with van der Waals surface area (Å²) in [6, 6.07) is 0. The lowest BCUT2D eigenvalue weighted by atomic mass is 9.60. The van der Waals surface area contributed by atoms with E-state index in [2.05, 4.69) is 0 Å². The molecule has 4 atom stereocenters. The molecule has 0 radical (unpaired) electrons. The lowest BCUT2D eigenvalue weighted by molar-refractivity contribution is -0.154. The first kappa shape index (κ1) is 28.9. The van der Waals surface area contributed by atoms with Gasteiger partial charge >= 0.3 is 17.9 Å². The van der Waals surface area contributed by atoms with Gasteiger partial charge in [-0.15, -0.1) is 0 Å². The zero-order valence-electron chi connectivity index (χ0n) is 22.1. The van der Waals surface area contributed by atoms with Crippen molar-refractivity contribution in [2.45, 2.75) is 99.8 Å². The smallest absolute Gasteiger partial charge is 0.317 e. The number of carbonyl (C=O) groups excluding carboxylic acids is 5.